The smallest absolute Gasteiger partial charge is 0.246 e. The number of piperidine rings is 1. The van der Waals surface area contributed by atoms with Gasteiger partial charge in [0.1, 0.15) is 16.5 Å². The molecule has 0 aromatic heterocycles. The topological polar surface area (TPSA) is 75.7 Å². The number of nitrogens with one attached hydrogen (secondary N) is 1. The number of hydrogen-bond donors (Lipinski definition) is 1. The second kappa shape index (κ2) is 9.14. The number of amides is 1. The van der Waals surface area contributed by atoms with Crippen LogP contribution in [0.1, 0.15) is 36.9 Å². The second-order valence-corrected chi connectivity index (χ2v) is 9.52. The van der Waals surface area contributed by atoms with Crippen LogP contribution in [0.2, 0.25) is 0 Å². The minimum atomic E-state index is -3.71. The molecule has 1 N–H and O–H groups in total. The first-order valence-electron chi connectivity index (χ1n) is 9.93. The lowest BCUT2D eigenvalue weighted by Gasteiger charge is -2.31. The zero-order valence-corrected chi connectivity index (χ0v) is 18.2. The van der Waals surface area contributed by atoms with Crippen LogP contribution >= 0.6 is 0 Å². The van der Waals surface area contributed by atoms with Gasteiger partial charge < -0.3 is 10.1 Å². The molecule has 1 aliphatic rings. The fourth-order valence-corrected chi connectivity index (χ4v) is 5.36. The van der Waals surface area contributed by atoms with Crippen LogP contribution in [-0.2, 0) is 14.8 Å². The van der Waals surface area contributed by atoms with Gasteiger partial charge in [-0.25, -0.2) is 12.8 Å². The van der Waals surface area contributed by atoms with E-state index >= 15 is 0 Å². The minimum absolute atomic E-state index is 0.114. The van der Waals surface area contributed by atoms with E-state index in [-0.39, 0.29) is 41.7 Å². The quantitative estimate of drug-likeness (QED) is 0.756. The van der Waals surface area contributed by atoms with Gasteiger partial charge >= 0.3 is 0 Å². The predicted molar refractivity (Wildman–Crippen MR) is 112 cm³/mol. The number of carbonyl (C=O) groups excluding carboxylic acids is 1. The van der Waals surface area contributed by atoms with Gasteiger partial charge in [0.15, 0.2) is 0 Å². The zero-order valence-electron chi connectivity index (χ0n) is 17.4. The zero-order chi connectivity index (χ0) is 21.9. The summed E-state index contributed by atoms with van der Waals surface area (Å²) in [5.41, 5.74) is 1.65. The number of halogens is 1. The Kier molecular flexibility index (Phi) is 6.77. The molecule has 1 aliphatic heterocycles. The Morgan fingerprint density at radius 3 is 2.40 bits per heavy atom. The highest BCUT2D eigenvalue weighted by atomic mass is 32.2. The Hall–Kier alpha value is -2.45. The van der Waals surface area contributed by atoms with E-state index in [9.17, 15) is 17.6 Å². The average molecular weight is 435 g/mol. The molecule has 3 rings (SSSR count). The molecule has 0 spiro atoms. The number of methoxy groups -OCH3 is 1. The predicted octanol–water partition coefficient (Wildman–Crippen LogP) is 3.42. The van der Waals surface area contributed by atoms with Gasteiger partial charge in [-0.05, 0) is 62.1 Å². The lowest BCUT2D eigenvalue weighted by atomic mass is 9.96. The number of sulfonamides is 1. The Balaban J connectivity index is 1.63. The molecule has 6 nitrogen and oxygen atoms in total. The van der Waals surface area contributed by atoms with Crippen LogP contribution in [0.5, 0.6) is 5.75 Å². The van der Waals surface area contributed by atoms with E-state index in [0.717, 1.165) is 11.1 Å². The first kappa shape index (κ1) is 22.2. The summed E-state index contributed by atoms with van der Waals surface area (Å²) in [7, 11) is -2.26. The van der Waals surface area contributed by atoms with Crippen LogP contribution in [0, 0.1) is 18.7 Å². The van der Waals surface area contributed by atoms with E-state index in [2.05, 4.69) is 5.32 Å². The highest BCUT2D eigenvalue weighted by molar-refractivity contribution is 7.89. The van der Waals surface area contributed by atoms with Crippen molar-refractivity contribution in [3.63, 3.8) is 0 Å². The maximum atomic E-state index is 13.1. The normalized spacial score (nSPS) is 16.8. The highest BCUT2D eigenvalue weighted by Crippen LogP contribution is 2.30. The van der Waals surface area contributed by atoms with Crippen LogP contribution in [0.4, 0.5) is 4.39 Å². The van der Waals surface area contributed by atoms with Crippen molar-refractivity contribution in [2.45, 2.75) is 37.6 Å². The largest absolute Gasteiger partial charge is 0.495 e. The van der Waals surface area contributed by atoms with Gasteiger partial charge in [-0.3, -0.25) is 4.79 Å². The van der Waals surface area contributed by atoms with Crippen molar-refractivity contribution < 1.29 is 22.3 Å². The van der Waals surface area contributed by atoms with E-state index in [1.165, 1.54) is 23.5 Å². The number of nitrogens with zero attached hydrogens (tertiary/aromatic N) is 1. The van der Waals surface area contributed by atoms with Crippen molar-refractivity contribution in [3.05, 3.63) is 59.4 Å². The molecule has 1 saturated heterocycles. The molecule has 162 valence electrons. The first-order valence-corrected chi connectivity index (χ1v) is 11.4. The van der Waals surface area contributed by atoms with Crippen molar-refractivity contribution in [1.82, 2.24) is 9.62 Å². The summed E-state index contributed by atoms with van der Waals surface area (Å²) in [4.78, 5) is 12.8. The van der Waals surface area contributed by atoms with Crippen molar-refractivity contribution >= 4 is 15.9 Å². The van der Waals surface area contributed by atoms with Crippen molar-refractivity contribution in [2.24, 2.45) is 5.92 Å². The monoisotopic (exact) mass is 434 g/mol. The van der Waals surface area contributed by atoms with Gasteiger partial charge in [0, 0.05) is 19.0 Å². The molecule has 0 aliphatic carbocycles. The fraction of sp³-hybridized carbons (Fsp3) is 0.409. The van der Waals surface area contributed by atoms with Crippen molar-refractivity contribution in [2.75, 3.05) is 20.2 Å². The minimum Gasteiger partial charge on any atom is -0.495 e. The maximum Gasteiger partial charge on any atom is 0.246 e. The molecule has 0 saturated carbocycles. The summed E-state index contributed by atoms with van der Waals surface area (Å²) >= 11 is 0. The maximum absolute atomic E-state index is 13.1. The lowest BCUT2D eigenvalue weighted by molar-refractivity contribution is -0.126. The third-order valence-corrected chi connectivity index (χ3v) is 7.41. The van der Waals surface area contributed by atoms with Gasteiger partial charge in [-0.2, -0.15) is 4.31 Å². The number of hydrogen-bond acceptors (Lipinski definition) is 4. The summed E-state index contributed by atoms with van der Waals surface area (Å²) in [6.45, 7) is 4.21. The molecule has 0 unspecified atom stereocenters. The number of ether oxygens (including phenoxy) is 1. The molecule has 1 fully saturated rings. The number of rotatable bonds is 6. The summed E-state index contributed by atoms with van der Waals surface area (Å²) in [6.07, 6.45) is 0.880. The standard InChI is InChI=1S/C22H27FN2O4S/c1-15-4-9-20(29-3)21(14-15)30(27,28)25-12-10-18(11-13-25)22(26)24-16(2)17-5-7-19(23)8-6-17/h4-9,14,16,18H,10-13H2,1-3H3,(H,24,26)/t16-/m1/s1. The molecule has 1 atom stereocenters. The summed E-state index contributed by atoms with van der Waals surface area (Å²) < 4.78 is 45.9. The van der Waals surface area contributed by atoms with E-state index in [1.807, 2.05) is 13.8 Å². The number of benzene rings is 2. The van der Waals surface area contributed by atoms with Crippen molar-refractivity contribution in [1.29, 1.82) is 0 Å². The number of carbonyl (C=O) groups is 1. The van der Waals surface area contributed by atoms with Crippen LogP contribution in [0.15, 0.2) is 47.4 Å². The Bertz CT molecular complexity index is 1000. The molecular formula is C22H27FN2O4S. The third kappa shape index (κ3) is 4.82. The molecule has 0 radical (unpaired) electrons. The third-order valence-electron chi connectivity index (χ3n) is 5.49. The van der Waals surface area contributed by atoms with Gasteiger partial charge in [-0.1, -0.05) is 18.2 Å². The molecule has 2 aromatic carbocycles. The average Bonchev–Trinajstić information content (AvgIpc) is 2.74. The molecule has 1 heterocycles. The summed E-state index contributed by atoms with van der Waals surface area (Å²) in [5, 5.41) is 2.95. The molecule has 0 bridgehead atoms. The summed E-state index contributed by atoms with van der Waals surface area (Å²) in [5.74, 6) is -0.388. The van der Waals surface area contributed by atoms with E-state index < -0.39 is 10.0 Å². The van der Waals surface area contributed by atoms with Gasteiger partial charge in [0.2, 0.25) is 15.9 Å². The Labute approximate surface area is 177 Å². The molecule has 8 heteroatoms. The molecule has 2 aromatic rings. The van der Waals surface area contributed by atoms with Crippen LogP contribution in [-0.4, -0.2) is 38.8 Å². The lowest BCUT2D eigenvalue weighted by Crippen LogP contribution is -2.43. The molecular weight excluding hydrogens is 407 g/mol. The van der Waals surface area contributed by atoms with E-state index in [0.29, 0.717) is 18.6 Å². The fourth-order valence-electron chi connectivity index (χ4n) is 3.65. The van der Waals surface area contributed by atoms with Crippen molar-refractivity contribution in [3.8, 4) is 5.75 Å². The van der Waals surface area contributed by atoms with Crippen LogP contribution in [0.25, 0.3) is 0 Å². The van der Waals surface area contributed by atoms with E-state index in [4.69, 9.17) is 4.74 Å². The number of aryl methyl sites for hydroxylation is 1. The Morgan fingerprint density at radius 1 is 1.17 bits per heavy atom. The highest BCUT2D eigenvalue weighted by Gasteiger charge is 2.34. The van der Waals surface area contributed by atoms with Gasteiger partial charge in [0.05, 0.1) is 13.2 Å². The Morgan fingerprint density at radius 2 is 1.80 bits per heavy atom. The van der Waals surface area contributed by atoms with Crippen LogP contribution < -0.4 is 10.1 Å². The van der Waals surface area contributed by atoms with Crippen LogP contribution in [0.3, 0.4) is 0 Å². The molecule has 1 amide bonds. The molecule has 30 heavy (non-hydrogen) atoms. The van der Waals surface area contributed by atoms with Gasteiger partial charge in [-0.15, -0.1) is 0 Å². The van der Waals surface area contributed by atoms with E-state index in [1.54, 1.807) is 30.3 Å². The SMILES string of the molecule is COc1ccc(C)cc1S(=O)(=O)N1CCC(C(=O)N[C@H](C)c2ccc(F)cc2)CC1. The van der Waals surface area contributed by atoms with Gasteiger partial charge in [0.25, 0.3) is 0 Å². The first-order chi connectivity index (χ1) is 14.2. The second-order valence-electron chi connectivity index (χ2n) is 7.61. The summed E-state index contributed by atoms with van der Waals surface area (Å²) in [6, 6.07) is 10.8.